The summed E-state index contributed by atoms with van der Waals surface area (Å²) in [6.07, 6.45) is 2.00. The Morgan fingerprint density at radius 1 is 1.50 bits per heavy atom. The van der Waals surface area contributed by atoms with E-state index in [0.717, 1.165) is 17.9 Å². The Morgan fingerprint density at radius 2 is 2.25 bits per heavy atom. The Morgan fingerprint density at radius 3 is 2.90 bits per heavy atom. The van der Waals surface area contributed by atoms with E-state index in [1.807, 2.05) is 36.1 Å². The fourth-order valence-electron chi connectivity index (χ4n) is 2.41. The van der Waals surface area contributed by atoms with Crippen molar-refractivity contribution in [3.05, 3.63) is 29.8 Å². The molecule has 3 unspecified atom stereocenters. The van der Waals surface area contributed by atoms with E-state index in [9.17, 15) is 4.79 Å². The maximum absolute atomic E-state index is 12.3. The average Bonchev–Trinajstić information content (AvgIpc) is 2.75. The number of carbonyl (C=O) groups excluding carboxylic acids is 1. The van der Waals surface area contributed by atoms with Crippen molar-refractivity contribution in [1.82, 2.24) is 10.2 Å². The molecule has 4 nitrogen and oxygen atoms in total. The number of hydrogen-bond donors (Lipinski definition) is 1. The molecule has 20 heavy (non-hydrogen) atoms. The fourth-order valence-corrected chi connectivity index (χ4v) is 2.72. The van der Waals surface area contributed by atoms with Crippen molar-refractivity contribution in [2.75, 3.05) is 19.9 Å². The second-order valence-electron chi connectivity index (χ2n) is 5.10. The molecule has 0 bridgehead atoms. The van der Waals surface area contributed by atoms with Crippen LogP contribution in [-0.4, -0.2) is 42.0 Å². The quantitative estimate of drug-likeness (QED) is 0.904. The molecular formula is C15H22N2O2S. The van der Waals surface area contributed by atoms with Gasteiger partial charge in [0.1, 0.15) is 11.9 Å². The highest BCUT2D eigenvalue weighted by molar-refractivity contribution is 7.99. The first-order chi connectivity index (χ1) is 9.56. The molecule has 3 atom stereocenters. The van der Waals surface area contributed by atoms with E-state index < -0.39 is 0 Å². The van der Waals surface area contributed by atoms with Crippen LogP contribution in [0.3, 0.4) is 0 Å². The van der Waals surface area contributed by atoms with Gasteiger partial charge >= 0.3 is 0 Å². The SMILES string of the molecule is COc1cccc(C2NC(C)C(=O)N2CC(C)SC)c1. The van der Waals surface area contributed by atoms with Crippen molar-refractivity contribution in [1.29, 1.82) is 0 Å². The molecule has 0 spiro atoms. The Labute approximate surface area is 124 Å². The van der Waals surface area contributed by atoms with Crippen molar-refractivity contribution < 1.29 is 9.53 Å². The van der Waals surface area contributed by atoms with E-state index in [4.69, 9.17) is 4.74 Å². The van der Waals surface area contributed by atoms with Gasteiger partial charge in [0.15, 0.2) is 0 Å². The van der Waals surface area contributed by atoms with Gasteiger partial charge in [0.2, 0.25) is 5.91 Å². The summed E-state index contributed by atoms with van der Waals surface area (Å²) in [5.74, 6) is 0.980. The van der Waals surface area contributed by atoms with Gasteiger partial charge in [-0.05, 0) is 30.9 Å². The number of nitrogens with one attached hydrogen (secondary N) is 1. The van der Waals surface area contributed by atoms with Crippen molar-refractivity contribution in [2.45, 2.75) is 31.3 Å². The summed E-state index contributed by atoms with van der Waals surface area (Å²) < 4.78 is 5.27. The molecule has 1 amide bonds. The molecular weight excluding hydrogens is 272 g/mol. The molecule has 1 heterocycles. The van der Waals surface area contributed by atoms with E-state index in [-0.39, 0.29) is 18.1 Å². The summed E-state index contributed by atoms with van der Waals surface area (Å²) >= 11 is 1.77. The Bertz CT molecular complexity index is 481. The molecule has 1 aromatic carbocycles. The molecule has 0 aliphatic carbocycles. The predicted molar refractivity (Wildman–Crippen MR) is 83.0 cm³/mol. The van der Waals surface area contributed by atoms with Crippen LogP contribution >= 0.6 is 11.8 Å². The van der Waals surface area contributed by atoms with Crippen LogP contribution in [0.1, 0.15) is 25.6 Å². The minimum atomic E-state index is -0.139. The minimum Gasteiger partial charge on any atom is -0.497 e. The molecule has 1 fully saturated rings. The highest BCUT2D eigenvalue weighted by atomic mass is 32.2. The molecule has 1 N–H and O–H groups in total. The van der Waals surface area contributed by atoms with Crippen LogP contribution in [0.5, 0.6) is 5.75 Å². The summed E-state index contributed by atoms with van der Waals surface area (Å²) in [6, 6.07) is 7.75. The normalized spacial score (nSPS) is 24.0. The first kappa shape index (κ1) is 15.2. The molecule has 1 aliphatic heterocycles. The summed E-state index contributed by atoms with van der Waals surface area (Å²) in [4.78, 5) is 14.2. The van der Waals surface area contributed by atoms with Gasteiger partial charge in [-0.25, -0.2) is 0 Å². The lowest BCUT2D eigenvalue weighted by atomic mass is 10.1. The third kappa shape index (κ3) is 3.10. The fraction of sp³-hybridized carbons (Fsp3) is 0.533. The molecule has 1 aromatic rings. The topological polar surface area (TPSA) is 41.6 Å². The third-order valence-corrected chi connectivity index (χ3v) is 4.59. The Balaban J connectivity index is 2.25. The van der Waals surface area contributed by atoms with Crippen LogP contribution in [0.15, 0.2) is 24.3 Å². The number of nitrogens with zero attached hydrogens (tertiary/aromatic N) is 1. The van der Waals surface area contributed by atoms with E-state index in [0.29, 0.717) is 5.25 Å². The van der Waals surface area contributed by atoms with Crippen molar-refractivity contribution in [2.24, 2.45) is 0 Å². The van der Waals surface area contributed by atoms with E-state index >= 15 is 0 Å². The largest absolute Gasteiger partial charge is 0.497 e. The standard InChI is InChI=1S/C15H22N2O2S/c1-10(20-4)9-17-14(16-11(2)15(17)18)12-6-5-7-13(8-12)19-3/h5-8,10-11,14,16H,9H2,1-4H3. The highest BCUT2D eigenvalue weighted by Crippen LogP contribution is 2.28. The number of ether oxygens (including phenoxy) is 1. The molecule has 1 saturated heterocycles. The van der Waals surface area contributed by atoms with Gasteiger partial charge in [0.05, 0.1) is 13.2 Å². The van der Waals surface area contributed by atoms with Gasteiger partial charge in [-0.15, -0.1) is 0 Å². The second-order valence-corrected chi connectivity index (χ2v) is 6.38. The van der Waals surface area contributed by atoms with E-state index in [2.05, 4.69) is 18.5 Å². The maximum atomic E-state index is 12.3. The molecule has 2 rings (SSSR count). The van der Waals surface area contributed by atoms with Crippen LogP contribution < -0.4 is 10.1 Å². The van der Waals surface area contributed by atoms with Gasteiger partial charge in [-0.3, -0.25) is 10.1 Å². The monoisotopic (exact) mass is 294 g/mol. The van der Waals surface area contributed by atoms with Gasteiger partial charge in [0.25, 0.3) is 0 Å². The lowest BCUT2D eigenvalue weighted by Gasteiger charge is -2.27. The van der Waals surface area contributed by atoms with Gasteiger partial charge in [-0.1, -0.05) is 19.1 Å². The zero-order valence-corrected chi connectivity index (χ0v) is 13.2. The summed E-state index contributed by atoms with van der Waals surface area (Å²) in [7, 11) is 1.66. The summed E-state index contributed by atoms with van der Waals surface area (Å²) in [6.45, 7) is 4.81. The zero-order chi connectivity index (χ0) is 14.7. The Hall–Kier alpha value is -1.20. The van der Waals surface area contributed by atoms with Crippen molar-refractivity contribution in [3.63, 3.8) is 0 Å². The first-order valence-electron chi connectivity index (χ1n) is 6.80. The smallest absolute Gasteiger partial charge is 0.241 e. The number of benzene rings is 1. The number of hydrogen-bond acceptors (Lipinski definition) is 4. The predicted octanol–water partition coefficient (Wildman–Crippen LogP) is 2.27. The van der Waals surface area contributed by atoms with Crippen molar-refractivity contribution >= 4 is 17.7 Å². The van der Waals surface area contributed by atoms with E-state index in [1.54, 1.807) is 18.9 Å². The van der Waals surface area contributed by atoms with Crippen molar-refractivity contribution in [3.8, 4) is 5.75 Å². The summed E-state index contributed by atoms with van der Waals surface area (Å²) in [5.41, 5.74) is 1.07. The Kier molecular flexibility index (Phi) is 4.94. The van der Waals surface area contributed by atoms with Gasteiger partial charge in [-0.2, -0.15) is 11.8 Å². The maximum Gasteiger partial charge on any atom is 0.241 e. The zero-order valence-electron chi connectivity index (χ0n) is 12.4. The third-order valence-electron chi connectivity index (χ3n) is 3.64. The van der Waals surface area contributed by atoms with Crippen LogP contribution in [0.25, 0.3) is 0 Å². The molecule has 0 saturated carbocycles. The number of thioether (sulfide) groups is 1. The van der Waals surface area contributed by atoms with Crippen LogP contribution in [0, 0.1) is 0 Å². The molecule has 0 radical (unpaired) electrons. The average molecular weight is 294 g/mol. The minimum absolute atomic E-state index is 0.0674. The van der Waals surface area contributed by atoms with Gasteiger partial charge < -0.3 is 9.64 Å². The second kappa shape index (κ2) is 6.50. The molecule has 0 aromatic heterocycles. The van der Waals surface area contributed by atoms with Crippen LogP contribution in [-0.2, 0) is 4.79 Å². The van der Waals surface area contributed by atoms with Gasteiger partial charge in [0, 0.05) is 11.8 Å². The number of rotatable bonds is 5. The van der Waals surface area contributed by atoms with Crippen LogP contribution in [0.2, 0.25) is 0 Å². The lowest BCUT2D eigenvalue weighted by Crippen LogP contribution is -2.35. The molecule has 1 aliphatic rings. The highest BCUT2D eigenvalue weighted by Gasteiger charge is 2.37. The van der Waals surface area contributed by atoms with Crippen LogP contribution in [0.4, 0.5) is 0 Å². The molecule has 5 heteroatoms. The summed E-state index contributed by atoms with van der Waals surface area (Å²) in [5, 5.41) is 3.78. The first-order valence-corrected chi connectivity index (χ1v) is 8.09. The molecule has 110 valence electrons. The number of methoxy groups -OCH3 is 1. The number of amides is 1. The van der Waals surface area contributed by atoms with E-state index in [1.165, 1.54) is 0 Å². The number of carbonyl (C=O) groups is 1. The lowest BCUT2D eigenvalue weighted by molar-refractivity contribution is -0.129.